The molecule has 0 unspecified atom stereocenters. The van der Waals surface area contributed by atoms with Crippen molar-refractivity contribution < 1.29 is 9.72 Å². The molecule has 8 heteroatoms. The normalized spacial score (nSPS) is 8.87. The fourth-order valence-electron chi connectivity index (χ4n) is 0.932. The minimum atomic E-state index is -0.661. The third-order valence-electron chi connectivity index (χ3n) is 1.62. The van der Waals surface area contributed by atoms with Crippen LogP contribution in [0.2, 0.25) is 0 Å². The summed E-state index contributed by atoms with van der Waals surface area (Å²) in [5.41, 5.74) is 7.19. The molecular formula is C7H9ClN4O3. The van der Waals surface area contributed by atoms with Crippen LogP contribution in [-0.2, 0) is 0 Å². The quantitative estimate of drug-likeness (QED) is 0.221. The van der Waals surface area contributed by atoms with Crippen molar-refractivity contribution in [3.05, 3.63) is 33.9 Å². The lowest BCUT2D eigenvalue weighted by molar-refractivity contribution is -0.384. The van der Waals surface area contributed by atoms with Crippen LogP contribution in [0.4, 0.5) is 11.4 Å². The molecule has 0 atom stereocenters. The first kappa shape index (κ1) is 13.1. The average Bonchev–Trinajstić information content (AvgIpc) is 2.17. The molecule has 15 heavy (non-hydrogen) atoms. The largest absolute Gasteiger partial charge is 0.398 e. The molecule has 0 fully saturated rings. The number of nitro benzene ring substituents is 1. The molecule has 5 N–H and O–H groups in total. The highest BCUT2D eigenvalue weighted by Crippen LogP contribution is 2.19. The number of hydrazine groups is 1. The number of anilines is 1. The molecule has 0 saturated carbocycles. The number of nitrogens with two attached hydrogens (primary N) is 2. The van der Waals surface area contributed by atoms with E-state index < -0.39 is 10.8 Å². The van der Waals surface area contributed by atoms with Gasteiger partial charge in [-0.3, -0.25) is 20.3 Å². The van der Waals surface area contributed by atoms with Crippen LogP contribution in [0.3, 0.4) is 0 Å². The molecule has 0 aromatic heterocycles. The van der Waals surface area contributed by atoms with E-state index in [1.165, 1.54) is 12.1 Å². The summed E-state index contributed by atoms with van der Waals surface area (Å²) >= 11 is 0. The number of benzene rings is 1. The Morgan fingerprint density at radius 2 is 2.07 bits per heavy atom. The third-order valence-corrected chi connectivity index (χ3v) is 1.62. The first-order chi connectivity index (χ1) is 6.56. The molecule has 0 radical (unpaired) electrons. The van der Waals surface area contributed by atoms with Gasteiger partial charge in [-0.05, 0) is 6.07 Å². The van der Waals surface area contributed by atoms with Crippen molar-refractivity contribution in [1.82, 2.24) is 5.43 Å². The van der Waals surface area contributed by atoms with Gasteiger partial charge in [-0.1, -0.05) is 0 Å². The Kier molecular flexibility index (Phi) is 4.49. The highest BCUT2D eigenvalue weighted by Gasteiger charge is 2.13. The number of nitrogens with one attached hydrogen (secondary N) is 1. The van der Waals surface area contributed by atoms with Crippen LogP contribution in [0, 0.1) is 10.1 Å². The van der Waals surface area contributed by atoms with E-state index in [0.717, 1.165) is 6.07 Å². The Morgan fingerprint density at radius 1 is 1.47 bits per heavy atom. The first-order valence-electron chi connectivity index (χ1n) is 3.61. The highest BCUT2D eigenvalue weighted by atomic mass is 35.5. The number of hydrogen-bond donors (Lipinski definition) is 3. The second kappa shape index (κ2) is 5.13. The summed E-state index contributed by atoms with van der Waals surface area (Å²) < 4.78 is 0. The van der Waals surface area contributed by atoms with E-state index in [0.29, 0.717) is 0 Å². The molecule has 1 aromatic rings. The monoisotopic (exact) mass is 232 g/mol. The van der Waals surface area contributed by atoms with Gasteiger partial charge in [-0.25, -0.2) is 5.84 Å². The van der Waals surface area contributed by atoms with Gasteiger partial charge in [0.1, 0.15) is 0 Å². The van der Waals surface area contributed by atoms with E-state index in [1.807, 2.05) is 5.43 Å². The molecule has 0 heterocycles. The first-order valence-corrected chi connectivity index (χ1v) is 3.61. The van der Waals surface area contributed by atoms with E-state index in [1.54, 1.807) is 0 Å². The number of halogens is 1. The van der Waals surface area contributed by atoms with Crippen molar-refractivity contribution >= 4 is 29.7 Å². The van der Waals surface area contributed by atoms with Crippen molar-refractivity contribution in [3.63, 3.8) is 0 Å². The number of nitro groups is 1. The second-order valence-corrected chi connectivity index (χ2v) is 2.50. The van der Waals surface area contributed by atoms with Crippen LogP contribution in [-0.4, -0.2) is 10.8 Å². The topological polar surface area (TPSA) is 124 Å². The number of non-ortho nitro benzene ring substituents is 1. The fourth-order valence-corrected chi connectivity index (χ4v) is 0.932. The molecule has 1 amide bonds. The zero-order chi connectivity index (χ0) is 10.7. The molecule has 82 valence electrons. The molecule has 0 aliphatic heterocycles. The molecule has 1 aromatic carbocycles. The summed E-state index contributed by atoms with van der Waals surface area (Å²) in [5, 5.41) is 10.4. The summed E-state index contributed by atoms with van der Waals surface area (Å²) in [6.07, 6.45) is 0. The Hall–Kier alpha value is -1.86. The molecule has 1 rings (SSSR count). The van der Waals surface area contributed by atoms with Crippen molar-refractivity contribution in [2.75, 3.05) is 5.73 Å². The summed E-state index contributed by atoms with van der Waals surface area (Å²) in [4.78, 5) is 20.8. The second-order valence-electron chi connectivity index (χ2n) is 2.50. The van der Waals surface area contributed by atoms with Gasteiger partial charge >= 0.3 is 0 Å². The summed E-state index contributed by atoms with van der Waals surface area (Å²) in [7, 11) is 0. The van der Waals surface area contributed by atoms with Gasteiger partial charge in [-0.15, -0.1) is 12.4 Å². The minimum absolute atomic E-state index is 0. The van der Waals surface area contributed by atoms with Crippen molar-refractivity contribution in [2.24, 2.45) is 5.84 Å². The van der Waals surface area contributed by atoms with Crippen LogP contribution in [0.15, 0.2) is 18.2 Å². The number of nitrogen functional groups attached to an aromatic ring is 2. The predicted octanol–water partition coefficient (Wildman–Crippen LogP) is 0.202. The molecule has 0 spiro atoms. The van der Waals surface area contributed by atoms with E-state index in [9.17, 15) is 14.9 Å². The highest BCUT2D eigenvalue weighted by molar-refractivity contribution is 5.99. The van der Waals surface area contributed by atoms with Gasteiger partial charge in [0, 0.05) is 17.8 Å². The van der Waals surface area contributed by atoms with Gasteiger partial charge in [0.05, 0.1) is 10.5 Å². The minimum Gasteiger partial charge on any atom is -0.398 e. The Morgan fingerprint density at radius 3 is 2.53 bits per heavy atom. The molecule has 0 bridgehead atoms. The number of carbonyl (C=O) groups excluding carboxylic acids is 1. The third kappa shape index (κ3) is 2.79. The van der Waals surface area contributed by atoms with Gasteiger partial charge in [0.2, 0.25) is 0 Å². The number of nitrogens with zero attached hydrogens (tertiary/aromatic N) is 1. The smallest absolute Gasteiger partial charge is 0.270 e. The van der Waals surface area contributed by atoms with Crippen LogP contribution in [0.25, 0.3) is 0 Å². The van der Waals surface area contributed by atoms with Crippen molar-refractivity contribution in [3.8, 4) is 0 Å². The van der Waals surface area contributed by atoms with Crippen LogP contribution in [0.1, 0.15) is 10.4 Å². The lowest BCUT2D eigenvalue weighted by atomic mass is 10.1. The van der Waals surface area contributed by atoms with Gasteiger partial charge in [-0.2, -0.15) is 0 Å². The number of amides is 1. The zero-order valence-electron chi connectivity index (χ0n) is 7.47. The maximum atomic E-state index is 11.1. The standard InChI is InChI=1S/C7H8N4O3.ClH/c8-6-2-1-4(11(13)14)3-5(6)7(12)10-9;/h1-3H,8-9H2,(H,10,12);1H. The molecule has 7 nitrogen and oxygen atoms in total. The lowest BCUT2D eigenvalue weighted by Gasteiger charge is -2.02. The Balaban J connectivity index is 0.00000196. The van der Waals surface area contributed by atoms with E-state index in [2.05, 4.69) is 0 Å². The summed E-state index contributed by atoms with van der Waals surface area (Å²) in [6.45, 7) is 0. The maximum Gasteiger partial charge on any atom is 0.270 e. The van der Waals surface area contributed by atoms with E-state index in [4.69, 9.17) is 11.6 Å². The van der Waals surface area contributed by atoms with Crippen molar-refractivity contribution in [1.29, 1.82) is 0 Å². The number of hydrogen-bond acceptors (Lipinski definition) is 5. The Labute approximate surface area is 91.0 Å². The zero-order valence-corrected chi connectivity index (χ0v) is 8.28. The SMILES string of the molecule is Cl.NNC(=O)c1cc([N+](=O)[O-])ccc1N. The van der Waals surface area contributed by atoms with Crippen LogP contribution < -0.4 is 17.0 Å². The van der Waals surface area contributed by atoms with E-state index >= 15 is 0 Å². The summed E-state index contributed by atoms with van der Waals surface area (Å²) in [6, 6.07) is 3.56. The Bertz CT molecular complexity index is 396. The van der Waals surface area contributed by atoms with Crippen LogP contribution in [0.5, 0.6) is 0 Å². The van der Waals surface area contributed by atoms with Gasteiger partial charge in [0.15, 0.2) is 0 Å². The average molecular weight is 233 g/mol. The van der Waals surface area contributed by atoms with E-state index in [-0.39, 0.29) is 29.3 Å². The number of rotatable bonds is 2. The van der Waals surface area contributed by atoms with Gasteiger partial charge < -0.3 is 5.73 Å². The maximum absolute atomic E-state index is 11.1. The molecular weight excluding hydrogens is 224 g/mol. The van der Waals surface area contributed by atoms with Gasteiger partial charge in [0.25, 0.3) is 11.6 Å². The van der Waals surface area contributed by atoms with Crippen molar-refractivity contribution in [2.45, 2.75) is 0 Å². The number of carbonyl (C=O) groups is 1. The molecule has 0 aliphatic carbocycles. The predicted molar refractivity (Wildman–Crippen MR) is 56.4 cm³/mol. The molecule has 0 saturated heterocycles. The molecule has 0 aliphatic rings. The van der Waals surface area contributed by atoms with Crippen LogP contribution >= 0.6 is 12.4 Å². The lowest BCUT2D eigenvalue weighted by Crippen LogP contribution is -2.30. The fraction of sp³-hybridized carbons (Fsp3) is 0. The summed E-state index contributed by atoms with van der Waals surface area (Å²) in [5.74, 6) is 4.21.